The van der Waals surface area contributed by atoms with Crippen molar-refractivity contribution in [3.05, 3.63) is 74.7 Å². The number of hydrogen-bond acceptors (Lipinski definition) is 5. The molecule has 0 aliphatic heterocycles. The maximum atomic E-state index is 11.8. The molecule has 1 heterocycles. The van der Waals surface area contributed by atoms with Crippen LogP contribution in [0.1, 0.15) is 29.3 Å². The molecule has 26 heavy (non-hydrogen) atoms. The summed E-state index contributed by atoms with van der Waals surface area (Å²) in [6.45, 7) is 1.85. The Morgan fingerprint density at radius 2 is 1.85 bits per heavy atom. The summed E-state index contributed by atoms with van der Waals surface area (Å²) in [7, 11) is 1.60. The Bertz CT molecular complexity index is 865. The summed E-state index contributed by atoms with van der Waals surface area (Å²) in [6.07, 6.45) is 0.436. The van der Waals surface area contributed by atoms with Crippen molar-refractivity contribution in [2.24, 2.45) is 0 Å². The van der Waals surface area contributed by atoms with E-state index in [1.165, 1.54) is 0 Å². The number of rotatable bonds is 7. The third-order valence-corrected chi connectivity index (χ3v) is 6.09. The number of hydrogen-bond donors (Lipinski definition) is 0. The van der Waals surface area contributed by atoms with Gasteiger partial charge in [0.05, 0.1) is 0 Å². The van der Waals surface area contributed by atoms with Crippen molar-refractivity contribution in [1.29, 1.82) is 0 Å². The van der Waals surface area contributed by atoms with Crippen molar-refractivity contribution in [1.82, 2.24) is 9.19 Å². The van der Waals surface area contributed by atoms with Crippen molar-refractivity contribution >= 4 is 14.7 Å². The van der Waals surface area contributed by atoms with Crippen molar-refractivity contribution in [2.75, 3.05) is 7.11 Å². The first-order chi connectivity index (χ1) is 12.7. The van der Waals surface area contributed by atoms with Crippen LogP contribution >= 0.6 is 0 Å². The topological polar surface area (TPSA) is 78.2 Å². The van der Waals surface area contributed by atoms with Crippen molar-refractivity contribution in [3.8, 4) is 17.0 Å². The maximum absolute atomic E-state index is 11.8. The van der Waals surface area contributed by atoms with Crippen molar-refractivity contribution in [2.45, 2.75) is 25.3 Å². The van der Waals surface area contributed by atoms with Crippen LogP contribution in [0.2, 0.25) is 0 Å². The Morgan fingerprint density at radius 1 is 1.15 bits per heavy atom. The summed E-state index contributed by atoms with van der Waals surface area (Å²) in [5.74, 6) is 0.372. The Kier molecular flexibility index (Phi) is 5.81. The van der Waals surface area contributed by atoms with E-state index >= 15 is 0 Å². The zero-order chi connectivity index (χ0) is 18.5. The molecule has 0 fully saturated rings. The van der Waals surface area contributed by atoms with Gasteiger partial charge in [0.2, 0.25) is 0 Å². The van der Waals surface area contributed by atoms with Gasteiger partial charge in [0.25, 0.3) is 0 Å². The van der Waals surface area contributed by atoms with Crippen LogP contribution in [0.4, 0.5) is 0 Å². The van der Waals surface area contributed by atoms with Gasteiger partial charge in [-0.3, -0.25) is 0 Å². The van der Waals surface area contributed by atoms with Crippen LogP contribution in [-0.2, 0) is 0 Å². The predicted octanol–water partition coefficient (Wildman–Crippen LogP) is 3.40. The average molecular weight is 416 g/mol. The Hall–Kier alpha value is -2.50. The molecule has 134 valence electrons. The second-order valence-corrected chi connectivity index (χ2v) is 7.51. The molecule has 0 spiro atoms. The first-order valence-corrected chi connectivity index (χ1v) is 9.93. The number of nitrogens with zero attached hydrogens (tertiary/aromatic N) is 3. The number of nitro groups is 1. The Labute approximate surface area is 158 Å². The first-order valence-electron chi connectivity index (χ1n) is 8.30. The van der Waals surface area contributed by atoms with Crippen LogP contribution in [0, 0.1) is 10.1 Å². The van der Waals surface area contributed by atoms with E-state index in [0.29, 0.717) is 6.42 Å². The molecule has 2 atom stereocenters. The third-order valence-electron chi connectivity index (χ3n) is 4.39. The van der Waals surface area contributed by atoms with Gasteiger partial charge in [-0.25, -0.2) is 0 Å². The quantitative estimate of drug-likeness (QED) is 0.335. The minimum absolute atomic E-state index is 0.182. The summed E-state index contributed by atoms with van der Waals surface area (Å²) < 4.78 is 10.4. The van der Waals surface area contributed by atoms with E-state index in [0.717, 1.165) is 27.0 Å². The van der Waals surface area contributed by atoms with Crippen LogP contribution in [0.15, 0.2) is 54.6 Å². The van der Waals surface area contributed by atoms with Gasteiger partial charge in [-0.2, -0.15) is 0 Å². The molecule has 0 amide bonds. The van der Waals surface area contributed by atoms with Crippen molar-refractivity contribution in [3.63, 3.8) is 0 Å². The van der Waals surface area contributed by atoms with Gasteiger partial charge >= 0.3 is 158 Å². The predicted molar refractivity (Wildman–Crippen MR) is 100 cm³/mol. The fourth-order valence-corrected chi connectivity index (χ4v) is 4.87. The van der Waals surface area contributed by atoms with Gasteiger partial charge in [-0.1, -0.05) is 0 Å². The molecule has 2 aromatic carbocycles. The van der Waals surface area contributed by atoms with Gasteiger partial charge in [-0.15, -0.1) is 0 Å². The fraction of sp³-hybridized carbons (Fsp3) is 0.263. The van der Waals surface area contributed by atoms with Crippen LogP contribution in [0.25, 0.3) is 11.3 Å². The molecular weight excluding hydrogens is 397 g/mol. The van der Waals surface area contributed by atoms with E-state index in [-0.39, 0.29) is 25.6 Å². The Balaban J connectivity index is 2.12. The molecule has 0 aliphatic rings. The third kappa shape index (κ3) is 3.69. The molecule has 6 nitrogen and oxygen atoms in total. The second kappa shape index (κ2) is 8.25. The molecule has 0 saturated heterocycles. The molecule has 3 rings (SSSR count). The van der Waals surface area contributed by atoms with Gasteiger partial charge in [0.1, 0.15) is 0 Å². The Morgan fingerprint density at radius 3 is 2.42 bits per heavy atom. The summed E-state index contributed by atoms with van der Waals surface area (Å²) in [6, 6.07) is 16.5. The van der Waals surface area contributed by atoms with Gasteiger partial charge < -0.3 is 0 Å². The van der Waals surface area contributed by atoms with Crippen LogP contribution in [0.3, 0.4) is 0 Å². The van der Waals surface area contributed by atoms with E-state index in [9.17, 15) is 10.1 Å². The molecule has 1 aromatic heterocycles. The number of methoxy groups -OCH3 is 1. The van der Waals surface area contributed by atoms with E-state index < -0.39 is 6.04 Å². The van der Waals surface area contributed by atoms with E-state index in [1.54, 1.807) is 7.11 Å². The van der Waals surface area contributed by atoms with Crippen LogP contribution < -0.4 is 4.74 Å². The SMILES string of the molecule is CC[C@@H]([C@@H](c1ccc(OC)cc1)c1[se]nnc1-c1ccccc1)[N+](=O)[O-]. The summed E-state index contributed by atoms with van der Waals surface area (Å²) in [5.41, 5.74) is 2.61. The number of benzene rings is 2. The molecule has 0 N–H and O–H groups in total. The van der Waals surface area contributed by atoms with Gasteiger partial charge in [0, 0.05) is 0 Å². The molecular formula is C19H19N3O3Se. The zero-order valence-electron chi connectivity index (χ0n) is 14.5. The molecule has 0 bridgehead atoms. The number of aromatic nitrogens is 2. The molecule has 0 radical (unpaired) electrons. The normalized spacial score (nSPS) is 13.2. The monoisotopic (exact) mass is 417 g/mol. The van der Waals surface area contributed by atoms with Gasteiger partial charge in [0.15, 0.2) is 0 Å². The summed E-state index contributed by atoms with van der Waals surface area (Å²) >= 11 is -0.251. The fourth-order valence-electron chi connectivity index (χ4n) is 3.06. The van der Waals surface area contributed by atoms with Gasteiger partial charge in [-0.05, 0) is 0 Å². The van der Waals surface area contributed by atoms with Crippen LogP contribution in [-0.4, -0.2) is 42.0 Å². The summed E-state index contributed by atoms with van der Waals surface area (Å²) in [4.78, 5) is 11.6. The molecule has 7 heteroatoms. The van der Waals surface area contributed by atoms with E-state index in [2.05, 4.69) is 9.19 Å². The zero-order valence-corrected chi connectivity index (χ0v) is 16.2. The second-order valence-electron chi connectivity index (χ2n) is 5.86. The molecule has 3 aromatic rings. The van der Waals surface area contributed by atoms with E-state index in [1.807, 2.05) is 61.5 Å². The first kappa shape index (κ1) is 18.3. The van der Waals surface area contributed by atoms with Crippen LogP contribution in [0.5, 0.6) is 5.75 Å². The minimum atomic E-state index is -0.720. The molecule has 0 unspecified atom stereocenters. The van der Waals surface area contributed by atoms with E-state index in [4.69, 9.17) is 4.74 Å². The molecule has 0 aliphatic carbocycles. The summed E-state index contributed by atoms with van der Waals surface area (Å²) in [5, 5.41) is 16.1. The average Bonchev–Trinajstić information content (AvgIpc) is 3.15. The standard InChI is InChI=1S/C19H19N3O3Se/c1-3-16(22(23)24)17(13-9-11-15(25-2)12-10-13)19-18(20-21-26-19)14-7-5-4-6-8-14/h4-12,16-17H,3H2,1-2H3/t16-,17+/m0/s1. The van der Waals surface area contributed by atoms with Crippen molar-refractivity contribution < 1.29 is 9.66 Å². The number of ether oxygens (including phenoxy) is 1. The molecule has 0 saturated carbocycles.